The maximum absolute atomic E-state index is 6.29. The summed E-state index contributed by atoms with van der Waals surface area (Å²) in [6.07, 6.45) is 1.96. The number of nitrogen functional groups attached to an aromatic ring is 1. The smallest absolute Gasteiger partial charge is 0.142 e. The molecule has 1 aromatic carbocycles. The quantitative estimate of drug-likeness (QED) is 0.727. The topological polar surface area (TPSA) is 43.3 Å². The van der Waals surface area contributed by atoms with Crippen LogP contribution in [0.4, 0.5) is 5.82 Å². The van der Waals surface area contributed by atoms with Crippen molar-refractivity contribution in [3.8, 4) is 11.3 Å². The fraction of sp³-hybridized carbons (Fsp3) is 0.235. The van der Waals surface area contributed by atoms with Gasteiger partial charge in [0.1, 0.15) is 17.2 Å². The Morgan fingerprint density at radius 1 is 1.19 bits per heavy atom. The molecular weight excluding hydrogens is 326 g/mol. The van der Waals surface area contributed by atoms with Crippen LogP contribution in [0.3, 0.4) is 0 Å². The zero-order chi connectivity index (χ0) is 15.1. The fourth-order valence-corrected chi connectivity index (χ4v) is 3.07. The number of fused-ring (bicyclic) bond motifs is 1. The molecule has 0 saturated heterocycles. The van der Waals surface area contributed by atoms with Gasteiger partial charge in [0.25, 0.3) is 0 Å². The van der Waals surface area contributed by atoms with Gasteiger partial charge in [-0.15, -0.1) is 0 Å². The molecule has 0 aliphatic heterocycles. The van der Waals surface area contributed by atoms with Crippen molar-refractivity contribution in [3.05, 3.63) is 52.1 Å². The number of halogens is 1. The average Bonchev–Trinajstić information content (AvgIpc) is 2.77. The number of imidazole rings is 1. The Bertz CT molecular complexity index is 801. The molecule has 0 aliphatic rings. The minimum atomic E-state index is 0.524. The molecule has 2 N–H and O–H groups in total. The number of aryl methyl sites for hydroxylation is 1. The fourth-order valence-electron chi connectivity index (χ4n) is 2.52. The lowest BCUT2D eigenvalue weighted by atomic mass is 10.0. The Kier molecular flexibility index (Phi) is 3.49. The van der Waals surface area contributed by atoms with E-state index in [1.807, 2.05) is 23.6 Å². The summed E-state index contributed by atoms with van der Waals surface area (Å²) >= 11 is 3.50. The van der Waals surface area contributed by atoms with Crippen molar-refractivity contribution in [2.75, 3.05) is 5.73 Å². The molecule has 0 spiro atoms. The lowest BCUT2D eigenvalue weighted by Crippen LogP contribution is -1.95. The molecular formula is C17H18BrN3. The Balaban J connectivity index is 2.16. The summed E-state index contributed by atoms with van der Waals surface area (Å²) in [5, 5.41) is 0. The number of pyridine rings is 1. The van der Waals surface area contributed by atoms with E-state index in [1.54, 1.807) is 0 Å². The van der Waals surface area contributed by atoms with E-state index in [4.69, 9.17) is 10.7 Å². The molecule has 0 radical (unpaired) electrons. The third kappa shape index (κ3) is 2.44. The molecule has 3 rings (SSSR count). The monoisotopic (exact) mass is 343 g/mol. The van der Waals surface area contributed by atoms with Gasteiger partial charge >= 0.3 is 0 Å². The van der Waals surface area contributed by atoms with Crippen LogP contribution in [0.2, 0.25) is 0 Å². The van der Waals surface area contributed by atoms with Gasteiger partial charge in [0, 0.05) is 16.2 Å². The molecule has 2 heterocycles. The standard InChI is InChI=1S/C17H18BrN3/c1-10(2)12-4-6-13(7-5-12)15-16(19)21-9-14(18)8-11(3)17(21)20-15/h4-10H,19H2,1-3H3. The maximum Gasteiger partial charge on any atom is 0.142 e. The number of aromatic nitrogens is 2. The third-order valence-corrected chi connectivity index (χ3v) is 4.19. The molecule has 0 atom stereocenters. The van der Waals surface area contributed by atoms with E-state index >= 15 is 0 Å². The molecule has 0 aliphatic carbocycles. The highest BCUT2D eigenvalue weighted by molar-refractivity contribution is 9.10. The van der Waals surface area contributed by atoms with Gasteiger partial charge in [-0.05, 0) is 46.0 Å². The Labute approximate surface area is 132 Å². The first-order valence-electron chi connectivity index (χ1n) is 7.01. The molecule has 3 aromatic rings. The molecule has 21 heavy (non-hydrogen) atoms. The van der Waals surface area contributed by atoms with Crippen molar-refractivity contribution in [2.24, 2.45) is 0 Å². The van der Waals surface area contributed by atoms with Crippen LogP contribution in [0.5, 0.6) is 0 Å². The highest BCUT2D eigenvalue weighted by Gasteiger charge is 2.13. The highest BCUT2D eigenvalue weighted by atomic mass is 79.9. The average molecular weight is 344 g/mol. The van der Waals surface area contributed by atoms with Crippen LogP contribution < -0.4 is 5.73 Å². The molecule has 0 saturated carbocycles. The van der Waals surface area contributed by atoms with E-state index < -0.39 is 0 Å². The first-order chi connectivity index (χ1) is 9.97. The van der Waals surface area contributed by atoms with Crippen LogP contribution in [0.1, 0.15) is 30.9 Å². The van der Waals surface area contributed by atoms with E-state index in [0.29, 0.717) is 11.7 Å². The van der Waals surface area contributed by atoms with Crippen molar-refractivity contribution in [1.82, 2.24) is 9.38 Å². The molecule has 0 amide bonds. The van der Waals surface area contributed by atoms with Crippen molar-refractivity contribution in [3.63, 3.8) is 0 Å². The summed E-state index contributed by atoms with van der Waals surface area (Å²) in [6.45, 7) is 6.42. The predicted octanol–water partition coefficient (Wildman–Crippen LogP) is 4.78. The summed E-state index contributed by atoms with van der Waals surface area (Å²) in [4.78, 5) is 4.71. The Morgan fingerprint density at radius 3 is 2.48 bits per heavy atom. The van der Waals surface area contributed by atoms with Gasteiger partial charge in [0.2, 0.25) is 0 Å². The zero-order valence-electron chi connectivity index (χ0n) is 12.4. The van der Waals surface area contributed by atoms with Gasteiger partial charge in [-0.25, -0.2) is 4.98 Å². The van der Waals surface area contributed by atoms with Crippen LogP contribution in [0.15, 0.2) is 41.0 Å². The van der Waals surface area contributed by atoms with Gasteiger partial charge in [0.15, 0.2) is 0 Å². The zero-order valence-corrected chi connectivity index (χ0v) is 14.0. The van der Waals surface area contributed by atoms with Gasteiger partial charge in [-0.3, -0.25) is 4.40 Å². The van der Waals surface area contributed by atoms with Gasteiger partial charge in [0.05, 0.1) is 0 Å². The number of nitrogens with two attached hydrogens (primary N) is 1. The third-order valence-electron chi connectivity index (χ3n) is 3.76. The molecule has 2 aromatic heterocycles. The summed E-state index contributed by atoms with van der Waals surface area (Å²) < 4.78 is 2.93. The minimum absolute atomic E-state index is 0.524. The van der Waals surface area contributed by atoms with Crippen molar-refractivity contribution in [1.29, 1.82) is 0 Å². The Hall–Kier alpha value is -1.81. The summed E-state index contributed by atoms with van der Waals surface area (Å²) in [7, 11) is 0. The van der Waals surface area contributed by atoms with E-state index in [1.165, 1.54) is 5.56 Å². The minimum Gasteiger partial charge on any atom is -0.383 e. The lowest BCUT2D eigenvalue weighted by molar-refractivity contribution is 0.867. The number of anilines is 1. The van der Waals surface area contributed by atoms with Crippen LogP contribution >= 0.6 is 15.9 Å². The second kappa shape index (κ2) is 5.19. The Morgan fingerprint density at radius 2 is 1.86 bits per heavy atom. The van der Waals surface area contributed by atoms with Crippen molar-refractivity contribution >= 4 is 27.4 Å². The lowest BCUT2D eigenvalue weighted by Gasteiger charge is -2.06. The maximum atomic E-state index is 6.29. The number of hydrogen-bond donors (Lipinski definition) is 1. The van der Waals surface area contributed by atoms with E-state index in [2.05, 4.69) is 54.0 Å². The molecule has 0 fully saturated rings. The van der Waals surface area contributed by atoms with Gasteiger partial charge < -0.3 is 5.73 Å². The van der Waals surface area contributed by atoms with Crippen LogP contribution in [-0.2, 0) is 0 Å². The summed E-state index contributed by atoms with van der Waals surface area (Å²) in [5.41, 5.74) is 11.5. The second-order valence-corrected chi connectivity index (χ2v) is 6.57. The number of nitrogens with zero attached hydrogens (tertiary/aromatic N) is 2. The first kappa shape index (κ1) is 14.1. The van der Waals surface area contributed by atoms with Crippen LogP contribution in [0, 0.1) is 6.92 Å². The van der Waals surface area contributed by atoms with E-state index in [0.717, 1.165) is 26.9 Å². The SMILES string of the molecule is Cc1cc(Br)cn2c(N)c(-c3ccc(C(C)C)cc3)nc12. The van der Waals surface area contributed by atoms with E-state index in [-0.39, 0.29) is 0 Å². The van der Waals surface area contributed by atoms with Crippen LogP contribution in [-0.4, -0.2) is 9.38 Å². The number of benzene rings is 1. The number of rotatable bonds is 2. The van der Waals surface area contributed by atoms with Crippen molar-refractivity contribution < 1.29 is 0 Å². The molecule has 3 nitrogen and oxygen atoms in total. The highest BCUT2D eigenvalue weighted by Crippen LogP contribution is 2.30. The van der Waals surface area contributed by atoms with Gasteiger partial charge in [-0.1, -0.05) is 38.1 Å². The predicted molar refractivity (Wildman–Crippen MR) is 91.6 cm³/mol. The number of hydrogen-bond acceptors (Lipinski definition) is 2. The first-order valence-corrected chi connectivity index (χ1v) is 7.80. The largest absolute Gasteiger partial charge is 0.383 e. The normalized spacial score (nSPS) is 11.5. The molecule has 0 unspecified atom stereocenters. The molecule has 4 heteroatoms. The summed E-state index contributed by atoms with van der Waals surface area (Å²) in [5.74, 6) is 1.20. The van der Waals surface area contributed by atoms with Crippen LogP contribution in [0.25, 0.3) is 16.9 Å². The summed E-state index contributed by atoms with van der Waals surface area (Å²) in [6, 6.07) is 10.5. The second-order valence-electron chi connectivity index (χ2n) is 5.66. The molecule has 0 bridgehead atoms. The molecule has 108 valence electrons. The van der Waals surface area contributed by atoms with E-state index in [9.17, 15) is 0 Å². The van der Waals surface area contributed by atoms with Gasteiger partial charge in [-0.2, -0.15) is 0 Å². The van der Waals surface area contributed by atoms with Crippen molar-refractivity contribution in [2.45, 2.75) is 26.7 Å².